The first-order valence-electron chi connectivity index (χ1n) is 20.2. The minimum Gasteiger partial charge on any atom is -0.487 e. The lowest BCUT2D eigenvalue weighted by molar-refractivity contribution is -0.714. The number of benzene rings is 2. The molecule has 1 aliphatic heterocycles. The predicted octanol–water partition coefficient (Wildman–Crippen LogP) is 10.9. The van der Waals surface area contributed by atoms with E-state index >= 15 is 0 Å². The number of nitrogens with zero attached hydrogens (tertiary/aromatic N) is 2. The zero-order chi connectivity index (χ0) is 49.2. The van der Waals surface area contributed by atoms with Crippen LogP contribution in [0.2, 0.25) is 5.02 Å². The first kappa shape index (κ1) is 52.8. The van der Waals surface area contributed by atoms with Gasteiger partial charge in [0.05, 0.1) is 5.02 Å². The van der Waals surface area contributed by atoms with Gasteiger partial charge in [0, 0.05) is 126 Å². The van der Waals surface area contributed by atoms with Crippen LogP contribution in [0.15, 0.2) is 65.0 Å². The van der Waals surface area contributed by atoms with Crippen LogP contribution < -0.4 is 4.74 Å². The van der Waals surface area contributed by atoms with Crippen LogP contribution in [0.4, 0.5) is 0 Å². The van der Waals surface area contributed by atoms with Gasteiger partial charge >= 0.3 is 5.09 Å². The van der Waals surface area contributed by atoms with Gasteiger partial charge in [-0.3, -0.25) is 9.59 Å². The van der Waals surface area contributed by atoms with Crippen molar-refractivity contribution in [1.82, 2.24) is 4.90 Å². The molecule has 0 amide bonds. The molecule has 0 saturated heterocycles. The monoisotopic (exact) mass is 950 g/mol. The molecular formula is C58H60Cl2N2O6. The molecule has 68 heavy (non-hydrogen) atoms. The molecule has 5 rings (SSSR count). The molecule has 2 aromatic carbocycles. The number of aryl methyl sites for hydroxylation is 1. The molecule has 3 aliphatic rings. The van der Waals surface area contributed by atoms with E-state index in [1.54, 1.807) is 6.92 Å². The molecule has 0 atom stereocenters. The molecule has 0 fully saturated rings. The van der Waals surface area contributed by atoms with Gasteiger partial charge in [0.1, 0.15) is 24.2 Å². The third kappa shape index (κ3) is 18.7. The first-order chi connectivity index (χ1) is 33.2. The molecule has 0 aromatic heterocycles. The summed E-state index contributed by atoms with van der Waals surface area (Å²) in [4.78, 5) is 37.5. The van der Waals surface area contributed by atoms with Crippen molar-refractivity contribution in [3.8, 4) is 172 Å². The minimum atomic E-state index is -1.11. The summed E-state index contributed by atoms with van der Waals surface area (Å²) in [5.41, 5.74) is 6.98. The number of allylic oxidation sites excluding steroid dienone is 4. The van der Waals surface area contributed by atoms with E-state index in [2.05, 4.69) is 207 Å². The van der Waals surface area contributed by atoms with E-state index < -0.39 is 5.09 Å². The van der Waals surface area contributed by atoms with Gasteiger partial charge < -0.3 is 9.64 Å². The molecule has 0 bridgehead atoms. The Morgan fingerprint density at radius 3 is 1.43 bits per heavy atom. The van der Waals surface area contributed by atoms with Gasteiger partial charge in [-0.05, 0) is 164 Å². The van der Waals surface area contributed by atoms with Crippen molar-refractivity contribution in [2.24, 2.45) is 0 Å². The highest BCUT2D eigenvalue weighted by Gasteiger charge is 2.43. The van der Waals surface area contributed by atoms with Crippen LogP contribution in [0, 0.1) is 183 Å². The number of ether oxygens (including phenoxy) is 1. The second-order valence-corrected chi connectivity index (χ2v) is 13.8. The molecule has 2 aromatic rings. The lowest BCUT2D eigenvalue weighted by Gasteiger charge is -2.43. The summed E-state index contributed by atoms with van der Waals surface area (Å²) in [6.07, 6.45) is 9.47. The number of Topliss-reactive ketones (excluding diaryl/α,β-unsaturated/α-hetero) is 2. The highest BCUT2D eigenvalue weighted by molar-refractivity contribution is 6.32. The molecule has 0 radical (unpaired) electrons. The zero-order valence-electron chi connectivity index (χ0n) is 37.0. The predicted molar refractivity (Wildman–Crippen MR) is 291 cm³/mol. The van der Waals surface area contributed by atoms with Crippen LogP contribution >= 0.6 is 23.5 Å². The molecule has 10 heteroatoms. The Labute approximate surface area is 428 Å². The first-order valence-corrected chi connectivity index (χ1v) is 20.9. The maximum atomic E-state index is 13.2. The maximum absolute atomic E-state index is 13.2. The van der Waals surface area contributed by atoms with Crippen molar-refractivity contribution in [2.75, 3.05) is 6.54 Å². The van der Waals surface area contributed by atoms with Crippen molar-refractivity contribution in [3.05, 3.63) is 96.8 Å². The topological polar surface area (TPSA) is 99.0 Å². The molecule has 0 saturated carbocycles. The van der Waals surface area contributed by atoms with Crippen LogP contribution in [0.5, 0.6) is 5.75 Å². The molecule has 0 spiro atoms. The van der Waals surface area contributed by atoms with Gasteiger partial charge in [-0.1, -0.05) is 53.4 Å². The average Bonchev–Trinajstić information content (AvgIpc) is 3.34. The van der Waals surface area contributed by atoms with E-state index in [-0.39, 0.29) is 36.0 Å². The summed E-state index contributed by atoms with van der Waals surface area (Å²) in [5, 5.41) is 8.21. The third-order valence-corrected chi connectivity index (χ3v) is 9.37. The van der Waals surface area contributed by atoms with E-state index in [1.807, 2.05) is 30.3 Å². The van der Waals surface area contributed by atoms with E-state index in [0.717, 1.165) is 65.9 Å². The highest BCUT2D eigenvalue weighted by Crippen LogP contribution is 2.49. The van der Waals surface area contributed by atoms with Crippen molar-refractivity contribution < 1.29 is 42.3 Å². The summed E-state index contributed by atoms with van der Waals surface area (Å²) in [6.45, 7) is 7.05. The van der Waals surface area contributed by atoms with Crippen molar-refractivity contribution >= 4 is 35.0 Å². The Kier molecular flexibility index (Phi) is 24.4. The largest absolute Gasteiger partial charge is 0.487 e. The van der Waals surface area contributed by atoms with Crippen LogP contribution in [0.25, 0.3) is 0 Å². The van der Waals surface area contributed by atoms with Crippen molar-refractivity contribution in [3.63, 3.8) is 0 Å². The quantitative estimate of drug-likeness (QED) is 0.162. The summed E-state index contributed by atoms with van der Waals surface area (Å²) in [5.74, 6) is 67.5. The van der Waals surface area contributed by atoms with Crippen molar-refractivity contribution in [2.45, 2.75) is 71.8 Å². The van der Waals surface area contributed by atoms with Crippen LogP contribution in [-0.2, 0) is 20.6 Å². The van der Waals surface area contributed by atoms with E-state index in [4.69, 9.17) is 32.9 Å². The number of carbonyl (C=O) groups is 2. The van der Waals surface area contributed by atoms with E-state index in [1.165, 1.54) is 5.56 Å². The Hall–Kier alpha value is -9.52. The molecule has 8 nitrogen and oxygen atoms in total. The molecular weight excluding hydrogens is 892 g/mol. The summed E-state index contributed by atoms with van der Waals surface area (Å²) >= 11 is 10.8. The van der Waals surface area contributed by atoms with Gasteiger partial charge in [-0.2, -0.15) is 4.39 Å². The fourth-order valence-corrected chi connectivity index (χ4v) is 6.65. The summed E-state index contributed by atoms with van der Waals surface area (Å²) in [7, 11) is 0. The average molecular weight is 952 g/mol. The standard InChI is InChI=1S/C29H30ClNO3.C29H4.ClNO3.13H2/c1-3-31-22-6-4-8-24(32)28(22)27(29-23(31)7-5-9-25(29)33)20-14-15-26(21(30)16-20)34-17-19-12-10-18(2)11-13-19;1-3-5-7-9-11-13-15-17-19-21-23-25-27-29-28-26-24-22-20-18-16-14-12-10-8-6-4-2;1-5-2(3)4;;;;;;;;;;;;;/h10-16,27H,3-9,17H2,1-2H3;1H,2H3;;13*1H. The lowest BCUT2D eigenvalue weighted by Crippen LogP contribution is -2.39. The summed E-state index contributed by atoms with van der Waals surface area (Å²) < 4.78 is 8.94. The number of terminal acetylenes is 1. The molecule has 352 valence electrons. The highest BCUT2D eigenvalue weighted by atomic mass is 35.5. The molecule has 1 heterocycles. The second kappa shape index (κ2) is 31.3. The van der Waals surface area contributed by atoms with Crippen molar-refractivity contribution in [1.29, 1.82) is 0 Å². The molecule has 0 N–H and O–H groups in total. The SMILES string of the molecule is C#CC#CC#CC#CC#CC#CC#CC#CC#CC#CC#CC#CC#CC#CC.CCN1C2=C(C(=O)CCC2)C(c2ccc(OCc3ccc(C)cc3)c(Cl)c2)C2=C1CCCC2=O.O=[N+]([O-])OCl.[HH].[HH].[HH].[HH].[HH].[HH].[HH].[HH].[HH].[HH].[HH].[HH].[HH]. The number of hydrogen-bond acceptors (Lipinski definition) is 7. The van der Waals surface area contributed by atoms with Crippen LogP contribution in [-0.4, -0.2) is 28.1 Å². The fourth-order valence-electron chi connectivity index (χ4n) is 6.41. The van der Waals surface area contributed by atoms with Gasteiger partial charge in [0.15, 0.2) is 11.6 Å². The number of halogens is 2. The smallest absolute Gasteiger partial charge is 0.311 e. The molecule has 0 unspecified atom stereocenters. The minimum absolute atomic E-state index is 0. The number of ketones is 2. The zero-order valence-corrected chi connectivity index (χ0v) is 38.5. The van der Waals surface area contributed by atoms with Gasteiger partial charge in [0.2, 0.25) is 0 Å². The van der Waals surface area contributed by atoms with Gasteiger partial charge in [0.25, 0.3) is 0 Å². The Balaban J connectivity index is -0.000000109. The number of rotatable bonds is 6. The van der Waals surface area contributed by atoms with Gasteiger partial charge in [-0.15, -0.1) is 16.5 Å². The second-order valence-electron chi connectivity index (χ2n) is 13.2. The number of carbonyl (C=O) groups excluding carboxylic acids is 2. The fraction of sp³-hybridized carbons (Fsp3) is 0.207. The van der Waals surface area contributed by atoms with E-state index in [9.17, 15) is 9.59 Å². The maximum Gasteiger partial charge on any atom is 0.311 e. The van der Waals surface area contributed by atoms with E-state index in [0.29, 0.717) is 30.2 Å². The Morgan fingerprint density at radius 1 is 0.676 bits per heavy atom. The normalized spacial score (nSPS) is 11.6. The van der Waals surface area contributed by atoms with Crippen LogP contribution in [0.3, 0.4) is 0 Å². The van der Waals surface area contributed by atoms with Gasteiger partial charge in [-0.25, -0.2) is 0 Å². The third-order valence-electron chi connectivity index (χ3n) is 8.96. The summed E-state index contributed by atoms with van der Waals surface area (Å²) in [6, 6.07) is 13.9. The molecule has 2 aliphatic carbocycles. The Morgan fingerprint density at radius 2 is 1.07 bits per heavy atom. The van der Waals surface area contributed by atoms with Crippen LogP contribution in [0.1, 0.15) is 93.5 Å². The number of hydrogen-bond donors (Lipinski definition) is 0. The Bertz CT molecular complexity index is 3310. The lowest BCUT2D eigenvalue weighted by atomic mass is 9.71.